The third-order valence-electron chi connectivity index (χ3n) is 3.51. The predicted molar refractivity (Wildman–Crippen MR) is 97.8 cm³/mol. The van der Waals surface area contributed by atoms with Crippen molar-refractivity contribution in [1.29, 1.82) is 0 Å². The molecule has 0 radical (unpaired) electrons. The molecule has 0 atom stereocenters. The van der Waals surface area contributed by atoms with E-state index in [2.05, 4.69) is 5.32 Å². The molecule has 0 fully saturated rings. The molecule has 0 aliphatic carbocycles. The minimum Gasteiger partial charge on any atom is -0.508 e. The van der Waals surface area contributed by atoms with Gasteiger partial charge in [0.2, 0.25) is 0 Å². The number of thiophene rings is 1. The molecule has 0 spiro atoms. The first-order chi connectivity index (χ1) is 11.9. The highest BCUT2D eigenvalue weighted by Gasteiger charge is 2.18. The van der Waals surface area contributed by atoms with Crippen LogP contribution in [0.3, 0.4) is 0 Å². The normalized spacial score (nSPS) is 10.8. The monoisotopic (exact) mass is 396 g/mol. The Morgan fingerprint density at radius 3 is 2.72 bits per heavy atom. The van der Waals surface area contributed by atoms with Gasteiger partial charge in [0.15, 0.2) is 0 Å². The van der Waals surface area contributed by atoms with Crippen LogP contribution in [0.1, 0.15) is 15.2 Å². The second-order valence-corrected chi connectivity index (χ2v) is 7.01. The minimum absolute atomic E-state index is 0.0717. The summed E-state index contributed by atoms with van der Waals surface area (Å²) in [6.07, 6.45) is 0. The van der Waals surface area contributed by atoms with Gasteiger partial charge in [-0.25, -0.2) is 0 Å². The van der Waals surface area contributed by atoms with Crippen LogP contribution in [0.2, 0.25) is 10.0 Å². The average molecular weight is 397 g/mol. The topological polar surface area (TPSA) is 92.5 Å². The first-order valence-electron chi connectivity index (χ1n) is 6.99. The Labute approximate surface area is 155 Å². The molecule has 25 heavy (non-hydrogen) atoms. The molecule has 3 rings (SSSR count). The van der Waals surface area contributed by atoms with E-state index in [9.17, 15) is 20.0 Å². The number of rotatable bonds is 4. The van der Waals surface area contributed by atoms with Gasteiger partial charge in [-0.15, -0.1) is 11.3 Å². The lowest BCUT2D eigenvalue weighted by Gasteiger charge is -2.06. The van der Waals surface area contributed by atoms with Crippen LogP contribution in [0.15, 0.2) is 36.4 Å². The molecule has 2 aromatic carbocycles. The quantitative estimate of drug-likeness (QED) is 0.491. The van der Waals surface area contributed by atoms with Gasteiger partial charge in [0.05, 0.1) is 9.95 Å². The van der Waals surface area contributed by atoms with Gasteiger partial charge in [0, 0.05) is 39.3 Å². The van der Waals surface area contributed by atoms with Gasteiger partial charge in [-0.05, 0) is 18.2 Å². The van der Waals surface area contributed by atoms with Crippen molar-refractivity contribution in [3.63, 3.8) is 0 Å². The summed E-state index contributed by atoms with van der Waals surface area (Å²) in [5.41, 5.74) is 0.0689. The number of phenolic OH excluding ortho intramolecular Hbond substituents is 1. The zero-order valence-electron chi connectivity index (χ0n) is 12.5. The molecule has 128 valence electrons. The summed E-state index contributed by atoms with van der Waals surface area (Å²) in [5, 5.41) is 24.8. The van der Waals surface area contributed by atoms with Crippen molar-refractivity contribution in [2.24, 2.45) is 0 Å². The number of nitrogens with one attached hydrogen (secondary N) is 1. The minimum atomic E-state index is -0.572. The van der Waals surface area contributed by atoms with E-state index >= 15 is 0 Å². The highest BCUT2D eigenvalue weighted by Crippen LogP contribution is 2.36. The van der Waals surface area contributed by atoms with E-state index in [-0.39, 0.29) is 23.5 Å². The molecular formula is C16H10Cl2N2O4S. The number of carbonyl (C=O) groups is 1. The van der Waals surface area contributed by atoms with Crippen molar-refractivity contribution in [1.82, 2.24) is 5.32 Å². The lowest BCUT2D eigenvalue weighted by atomic mass is 10.1. The number of nitrogens with zero attached hydrogens (tertiary/aromatic N) is 1. The van der Waals surface area contributed by atoms with E-state index < -0.39 is 10.8 Å². The van der Waals surface area contributed by atoms with E-state index in [4.69, 9.17) is 23.2 Å². The van der Waals surface area contributed by atoms with Crippen LogP contribution < -0.4 is 5.32 Å². The number of benzene rings is 2. The van der Waals surface area contributed by atoms with Gasteiger partial charge in [0.1, 0.15) is 10.6 Å². The highest BCUT2D eigenvalue weighted by molar-refractivity contribution is 7.21. The van der Waals surface area contributed by atoms with Crippen molar-refractivity contribution in [3.8, 4) is 5.75 Å². The summed E-state index contributed by atoms with van der Waals surface area (Å²) >= 11 is 13.4. The van der Waals surface area contributed by atoms with E-state index in [0.717, 1.165) is 10.1 Å². The predicted octanol–water partition coefficient (Wildman–Crippen LogP) is 4.75. The molecule has 2 N–H and O–H groups in total. The lowest BCUT2D eigenvalue weighted by Crippen LogP contribution is -2.22. The number of aromatic hydroxyl groups is 1. The molecule has 0 aliphatic heterocycles. The van der Waals surface area contributed by atoms with E-state index in [1.807, 2.05) is 0 Å². The molecule has 3 aromatic rings. The van der Waals surface area contributed by atoms with Gasteiger partial charge < -0.3 is 10.4 Å². The standard InChI is InChI=1S/C16H10Cl2N2O4S/c17-9-1-3-11-13(6-9)25-15(14(11)18)16(22)19-7-8-5-10(20(23)24)2-4-12(8)21/h1-6,21H,7H2,(H,19,22). The number of hydrogen-bond donors (Lipinski definition) is 2. The van der Waals surface area contributed by atoms with Crippen LogP contribution in [-0.4, -0.2) is 15.9 Å². The van der Waals surface area contributed by atoms with Gasteiger partial charge in [-0.2, -0.15) is 0 Å². The van der Waals surface area contributed by atoms with Crippen molar-refractivity contribution in [2.45, 2.75) is 6.54 Å². The number of carbonyl (C=O) groups excluding carboxylic acids is 1. The van der Waals surface area contributed by atoms with Crippen LogP contribution in [0, 0.1) is 10.1 Å². The Morgan fingerprint density at radius 2 is 2.00 bits per heavy atom. The van der Waals surface area contributed by atoms with Crippen LogP contribution in [-0.2, 0) is 6.54 Å². The number of halogens is 2. The zero-order valence-corrected chi connectivity index (χ0v) is 14.8. The number of fused-ring (bicyclic) bond motifs is 1. The van der Waals surface area contributed by atoms with Crippen molar-refractivity contribution >= 4 is 56.2 Å². The maximum absolute atomic E-state index is 12.4. The van der Waals surface area contributed by atoms with Crippen LogP contribution >= 0.6 is 34.5 Å². The number of nitro benzene ring substituents is 1. The number of hydrogen-bond acceptors (Lipinski definition) is 5. The van der Waals surface area contributed by atoms with E-state index in [1.54, 1.807) is 18.2 Å². The van der Waals surface area contributed by atoms with E-state index in [1.165, 1.54) is 29.5 Å². The Hall–Kier alpha value is -2.35. The Bertz CT molecular complexity index is 1000. The number of phenols is 1. The summed E-state index contributed by atoms with van der Waals surface area (Å²) in [7, 11) is 0. The zero-order chi connectivity index (χ0) is 18.1. The summed E-state index contributed by atoms with van der Waals surface area (Å²) in [6, 6.07) is 8.75. The van der Waals surface area contributed by atoms with E-state index in [0.29, 0.717) is 14.9 Å². The SMILES string of the molecule is O=C(NCc1cc([N+](=O)[O-])ccc1O)c1sc2cc(Cl)ccc2c1Cl. The fourth-order valence-corrected chi connectivity index (χ4v) is 3.98. The summed E-state index contributed by atoms with van der Waals surface area (Å²) in [5.74, 6) is -0.576. The number of nitro groups is 1. The molecule has 0 unspecified atom stereocenters. The maximum Gasteiger partial charge on any atom is 0.270 e. The molecule has 0 bridgehead atoms. The van der Waals surface area contributed by atoms with Crippen LogP contribution in [0.4, 0.5) is 5.69 Å². The third kappa shape index (κ3) is 3.53. The van der Waals surface area contributed by atoms with Crippen LogP contribution in [0.5, 0.6) is 5.75 Å². The largest absolute Gasteiger partial charge is 0.508 e. The first-order valence-corrected chi connectivity index (χ1v) is 8.56. The molecule has 1 amide bonds. The van der Waals surface area contributed by atoms with Crippen molar-refractivity contribution in [3.05, 3.63) is 67.0 Å². The Morgan fingerprint density at radius 1 is 1.24 bits per heavy atom. The van der Waals surface area contributed by atoms with Crippen molar-refractivity contribution in [2.75, 3.05) is 0 Å². The second-order valence-electron chi connectivity index (χ2n) is 5.14. The molecule has 0 saturated heterocycles. The first kappa shape index (κ1) is 17.5. The molecule has 9 heteroatoms. The molecular weight excluding hydrogens is 387 g/mol. The van der Waals surface area contributed by atoms with Gasteiger partial charge in [-0.1, -0.05) is 29.3 Å². The fourth-order valence-electron chi connectivity index (χ4n) is 2.27. The van der Waals surface area contributed by atoms with Gasteiger partial charge in [-0.3, -0.25) is 14.9 Å². The fraction of sp³-hybridized carbons (Fsp3) is 0.0625. The number of amides is 1. The van der Waals surface area contributed by atoms with Crippen LogP contribution in [0.25, 0.3) is 10.1 Å². The third-order valence-corrected chi connectivity index (χ3v) is 5.40. The van der Waals surface area contributed by atoms with Gasteiger partial charge >= 0.3 is 0 Å². The molecule has 0 aliphatic rings. The Kier molecular flexibility index (Phi) is 4.80. The van der Waals surface area contributed by atoms with Gasteiger partial charge in [0.25, 0.3) is 11.6 Å². The smallest absolute Gasteiger partial charge is 0.270 e. The summed E-state index contributed by atoms with van der Waals surface area (Å²) in [6.45, 7) is -0.0717. The molecule has 1 heterocycles. The second kappa shape index (κ2) is 6.87. The average Bonchev–Trinajstić information content (AvgIpc) is 2.89. The van der Waals surface area contributed by atoms with Crippen molar-refractivity contribution < 1.29 is 14.8 Å². The Balaban J connectivity index is 1.83. The molecule has 1 aromatic heterocycles. The molecule has 6 nitrogen and oxygen atoms in total. The maximum atomic E-state index is 12.4. The summed E-state index contributed by atoms with van der Waals surface area (Å²) < 4.78 is 0.779. The number of non-ortho nitro benzene ring substituents is 1. The summed E-state index contributed by atoms with van der Waals surface area (Å²) in [4.78, 5) is 22.9. The lowest BCUT2D eigenvalue weighted by molar-refractivity contribution is -0.384. The highest BCUT2D eigenvalue weighted by atomic mass is 35.5. The molecule has 0 saturated carbocycles.